The predicted octanol–water partition coefficient (Wildman–Crippen LogP) is -1.05. The average molecular weight is 274 g/mol. The number of rotatable bonds is 6. The Morgan fingerprint density at radius 1 is 1.38 bits per heavy atom. The smallest absolute Gasteiger partial charge is 0.305 e. The maximum atomic E-state index is 11.3. The molecule has 1 amide bonds. The van der Waals surface area contributed by atoms with Crippen molar-refractivity contribution in [1.29, 1.82) is 0 Å². The van der Waals surface area contributed by atoms with Crippen LogP contribution in [0, 0.1) is 5.41 Å². The molecule has 0 aliphatic rings. The van der Waals surface area contributed by atoms with Gasteiger partial charge < -0.3 is 20.6 Å². The number of aliphatic carboxylic acids is 1. The van der Waals surface area contributed by atoms with Crippen molar-refractivity contribution in [3.05, 3.63) is 0 Å². The zero-order valence-electron chi connectivity index (χ0n) is 9.23. The molecule has 16 heavy (non-hydrogen) atoms. The Balaban J connectivity index is 0. The van der Waals surface area contributed by atoms with E-state index in [1.54, 1.807) is 0 Å². The number of amides is 1. The van der Waals surface area contributed by atoms with Crippen LogP contribution in [-0.4, -0.2) is 46.5 Å². The van der Waals surface area contributed by atoms with Crippen molar-refractivity contribution in [3.8, 4) is 0 Å². The molecule has 4 N–H and O–H groups in total. The van der Waals surface area contributed by atoms with Crippen LogP contribution in [0.5, 0.6) is 0 Å². The van der Waals surface area contributed by atoms with Crippen molar-refractivity contribution in [2.75, 3.05) is 13.2 Å². The Bertz CT molecular complexity index is 244. The number of carboxylic acid groups (broad SMARTS) is 1. The Morgan fingerprint density at radius 2 is 1.88 bits per heavy atom. The van der Waals surface area contributed by atoms with E-state index in [-0.39, 0.29) is 36.6 Å². The standard InChI is InChI=1S/C9H17NO5.Mn/c1-9(2,5-11)7(14)8(15)10-4-3-6(12)13;/h7,11,14H,3-5H2,1-2H3,(H,10,15)(H,12,13);. The number of hydrogen-bond acceptors (Lipinski definition) is 4. The molecule has 0 heterocycles. The van der Waals surface area contributed by atoms with E-state index in [0.717, 1.165) is 0 Å². The van der Waals surface area contributed by atoms with E-state index in [4.69, 9.17) is 10.2 Å². The fourth-order valence-electron chi connectivity index (χ4n) is 0.831. The fraction of sp³-hybridized carbons (Fsp3) is 0.778. The third-order valence-electron chi connectivity index (χ3n) is 2.03. The SMILES string of the molecule is CC(C)(CO)C(O)C(=O)NCCC(=O)O.[Mn]. The summed E-state index contributed by atoms with van der Waals surface area (Å²) in [5.74, 6) is -1.69. The van der Waals surface area contributed by atoms with Crippen LogP contribution in [0.3, 0.4) is 0 Å². The summed E-state index contributed by atoms with van der Waals surface area (Å²) in [4.78, 5) is 21.4. The molecule has 6 nitrogen and oxygen atoms in total. The van der Waals surface area contributed by atoms with Crippen LogP contribution in [0.4, 0.5) is 0 Å². The number of carbonyl (C=O) groups is 2. The van der Waals surface area contributed by atoms with E-state index in [1.165, 1.54) is 13.8 Å². The second-order valence-electron chi connectivity index (χ2n) is 3.98. The van der Waals surface area contributed by atoms with E-state index in [2.05, 4.69) is 5.32 Å². The summed E-state index contributed by atoms with van der Waals surface area (Å²) in [7, 11) is 0. The molecule has 0 fully saturated rings. The van der Waals surface area contributed by atoms with Gasteiger partial charge in [-0.05, 0) is 0 Å². The van der Waals surface area contributed by atoms with Crippen molar-refractivity contribution in [3.63, 3.8) is 0 Å². The molecular weight excluding hydrogens is 257 g/mol. The monoisotopic (exact) mass is 274 g/mol. The molecule has 0 aliphatic carbocycles. The minimum atomic E-state index is -1.35. The maximum absolute atomic E-state index is 11.3. The van der Waals surface area contributed by atoms with Gasteiger partial charge in [-0.1, -0.05) is 13.8 Å². The maximum Gasteiger partial charge on any atom is 0.305 e. The number of nitrogens with one attached hydrogen (secondary N) is 1. The van der Waals surface area contributed by atoms with Gasteiger partial charge in [0.1, 0.15) is 6.10 Å². The first-order chi connectivity index (χ1) is 6.81. The second kappa shape index (κ2) is 7.62. The third kappa shape index (κ3) is 6.07. The Labute approximate surface area is 105 Å². The second-order valence-corrected chi connectivity index (χ2v) is 3.98. The molecule has 95 valence electrons. The van der Waals surface area contributed by atoms with E-state index >= 15 is 0 Å². The van der Waals surface area contributed by atoms with Crippen LogP contribution in [0.15, 0.2) is 0 Å². The topological polar surface area (TPSA) is 107 Å². The summed E-state index contributed by atoms with van der Waals surface area (Å²) >= 11 is 0. The minimum Gasteiger partial charge on any atom is -0.481 e. The van der Waals surface area contributed by atoms with Gasteiger partial charge in [0.15, 0.2) is 0 Å². The van der Waals surface area contributed by atoms with Gasteiger partial charge in [0.05, 0.1) is 13.0 Å². The number of aliphatic hydroxyl groups excluding tert-OH is 2. The number of carbonyl (C=O) groups excluding carboxylic acids is 1. The van der Waals surface area contributed by atoms with E-state index in [0.29, 0.717) is 0 Å². The Hall–Kier alpha value is -0.621. The van der Waals surface area contributed by atoms with Gasteiger partial charge in [-0.2, -0.15) is 0 Å². The first-order valence-corrected chi connectivity index (χ1v) is 4.59. The molecule has 0 saturated heterocycles. The molecule has 1 radical (unpaired) electrons. The molecule has 7 heteroatoms. The van der Waals surface area contributed by atoms with Crippen molar-refractivity contribution < 1.29 is 42.0 Å². The summed E-state index contributed by atoms with van der Waals surface area (Å²) < 4.78 is 0. The van der Waals surface area contributed by atoms with Crippen molar-refractivity contribution in [2.45, 2.75) is 26.4 Å². The van der Waals surface area contributed by atoms with Gasteiger partial charge in [-0.3, -0.25) is 9.59 Å². The molecule has 1 unspecified atom stereocenters. The molecule has 0 aromatic heterocycles. The fourth-order valence-corrected chi connectivity index (χ4v) is 0.831. The van der Waals surface area contributed by atoms with E-state index in [1.807, 2.05) is 0 Å². The first-order valence-electron chi connectivity index (χ1n) is 4.59. The number of aliphatic hydroxyl groups is 2. The summed E-state index contributed by atoms with van der Waals surface area (Å²) in [6.07, 6.45) is -1.55. The van der Waals surface area contributed by atoms with Gasteiger partial charge in [-0.15, -0.1) is 0 Å². The van der Waals surface area contributed by atoms with Gasteiger partial charge in [-0.25, -0.2) is 0 Å². The Morgan fingerprint density at radius 3 is 2.25 bits per heavy atom. The van der Waals surface area contributed by atoms with Gasteiger partial charge >= 0.3 is 5.97 Å². The molecule has 0 spiro atoms. The van der Waals surface area contributed by atoms with E-state index in [9.17, 15) is 14.7 Å². The summed E-state index contributed by atoms with van der Waals surface area (Å²) in [6, 6.07) is 0. The zero-order valence-corrected chi connectivity index (χ0v) is 10.4. The van der Waals surface area contributed by atoms with Crippen LogP contribution in [0.1, 0.15) is 20.3 Å². The molecule has 0 bridgehead atoms. The molecule has 0 saturated carbocycles. The van der Waals surface area contributed by atoms with Crippen molar-refractivity contribution in [2.24, 2.45) is 5.41 Å². The summed E-state index contributed by atoms with van der Waals surface area (Å²) in [5, 5.41) is 29.0. The molecular formula is C9H17MnNO5. The zero-order chi connectivity index (χ0) is 12.1. The molecule has 1 atom stereocenters. The van der Waals surface area contributed by atoms with Crippen molar-refractivity contribution >= 4 is 11.9 Å². The van der Waals surface area contributed by atoms with Crippen LogP contribution >= 0.6 is 0 Å². The predicted molar refractivity (Wildman–Crippen MR) is 52.1 cm³/mol. The van der Waals surface area contributed by atoms with Crippen LogP contribution < -0.4 is 5.32 Å². The largest absolute Gasteiger partial charge is 0.481 e. The quantitative estimate of drug-likeness (QED) is 0.463. The molecule has 0 rings (SSSR count). The number of hydrogen-bond donors (Lipinski definition) is 4. The van der Waals surface area contributed by atoms with Crippen LogP contribution in [-0.2, 0) is 26.7 Å². The van der Waals surface area contributed by atoms with Crippen molar-refractivity contribution in [1.82, 2.24) is 5.32 Å². The molecule has 0 aromatic rings. The van der Waals surface area contributed by atoms with Gasteiger partial charge in [0, 0.05) is 29.0 Å². The molecule has 0 aromatic carbocycles. The Kier molecular flexibility index (Phi) is 8.46. The first kappa shape index (κ1) is 17.8. The number of carboxylic acids is 1. The van der Waals surface area contributed by atoms with Crippen LogP contribution in [0.2, 0.25) is 0 Å². The van der Waals surface area contributed by atoms with Gasteiger partial charge in [0.2, 0.25) is 5.91 Å². The summed E-state index contributed by atoms with van der Waals surface area (Å²) in [5.41, 5.74) is -0.937. The third-order valence-corrected chi connectivity index (χ3v) is 2.03. The van der Waals surface area contributed by atoms with Crippen LogP contribution in [0.25, 0.3) is 0 Å². The summed E-state index contributed by atoms with van der Waals surface area (Å²) in [6.45, 7) is 2.70. The van der Waals surface area contributed by atoms with E-state index < -0.39 is 23.4 Å². The molecule has 0 aliphatic heterocycles. The normalized spacial score (nSPS) is 12.5. The minimum absolute atomic E-state index is 0. The van der Waals surface area contributed by atoms with Gasteiger partial charge in [0.25, 0.3) is 0 Å². The average Bonchev–Trinajstić information content (AvgIpc) is 2.15.